The van der Waals surface area contributed by atoms with Gasteiger partial charge in [-0.15, -0.1) is 0 Å². The lowest BCUT2D eigenvalue weighted by Crippen LogP contribution is -2.44. The molecule has 0 aliphatic carbocycles. The van der Waals surface area contributed by atoms with Gasteiger partial charge in [0.2, 0.25) is 0 Å². The molecule has 0 aromatic carbocycles. The van der Waals surface area contributed by atoms with Gasteiger partial charge >= 0.3 is 0 Å². The Kier molecular flexibility index (Phi) is 6.89. The lowest BCUT2D eigenvalue weighted by Gasteiger charge is -2.36. The summed E-state index contributed by atoms with van der Waals surface area (Å²) in [5, 5.41) is 0.424. The Labute approximate surface area is 101 Å². The summed E-state index contributed by atoms with van der Waals surface area (Å²) in [7, 11) is 2.11. The van der Waals surface area contributed by atoms with Gasteiger partial charge in [0.1, 0.15) is 0 Å². The Morgan fingerprint density at radius 3 is 2.20 bits per heavy atom. The van der Waals surface area contributed by atoms with Crippen LogP contribution in [0.4, 0.5) is 0 Å². The molecule has 0 radical (unpaired) electrons. The highest BCUT2D eigenvalue weighted by Crippen LogP contribution is 2.21. The fourth-order valence-corrected chi connectivity index (χ4v) is 1.93. The van der Waals surface area contributed by atoms with Gasteiger partial charge in [0.15, 0.2) is 0 Å². The summed E-state index contributed by atoms with van der Waals surface area (Å²) in [6.07, 6.45) is 1.07. The maximum absolute atomic E-state index is 5.63. The molecule has 2 nitrogen and oxygen atoms in total. The summed E-state index contributed by atoms with van der Waals surface area (Å²) in [5.41, 5.74) is 0.151. The van der Waals surface area contributed by atoms with E-state index in [1.54, 1.807) is 0 Å². The Morgan fingerprint density at radius 2 is 1.80 bits per heavy atom. The minimum Gasteiger partial charge on any atom is -0.366 e. The average molecular weight is 233 g/mol. The van der Waals surface area contributed by atoms with Gasteiger partial charge in [0.25, 0.3) is 0 Å². The van der Waals surface area contributed by atoms with Crippen LogP contribution in [0.25, 0.3) is 0 Å². The number of thiol groups is 1. The molecule has 0 saturated heterocycles. The van der Waals surface area contributed by atoms with Crippen molar-refractivity contribution in [1.29, 1.82) is 0 Å². The maximum atomic E-state index is 5.63. The van der Waals surface area contributed by atoms with Crippen LogP contribution in [0.5, 0.6) is 0 Å². The first-order chi connectivity index (χ1) is 6.75. The molecule has 92 valence electrons. The van der Waals surface area contributed by atoms with Gasteiger partial charge in [-0.3, -0.25) is 4.90 Å². The highest BCUT2D eigenvalue weighted by Gasteiger charge is 2.24. The van der Waals surface area contributed by atoms with Crippen molar-refractivity contribution >= 4 is 12.6 Å². The molecule has 1 atom stereocenters. The number of nitrogens with zero attached hydrogens (tertiary/aromatic N) is 1. The van der Waals surface area contributed by atoms with Gasteiger partial charge in [-0.1, -0.05) is 20.8 Å². The van der Waals surface area contributed by atoms with Crippen molar-refractivity contribution in [3.63, 3.8) is 0 Å². The van der Waals surface area contributed by atoms with Crippen LogP contribution in [0, 0.1) is 5.92 Å². The van der Waals surface area contributed by atoms with Gasteiger partial charge < -0.3 is 4.74 Å². The van der Waals surface area contributed by atoms with Crippen LogP contribution in [-0.4, -0.2) is 36.1 Å². The lowest BCUT2D eigenvalue weighted by molar-refractivity contribution is -0.0185. The quantitative estimate of drug-likeness (QED) is 0.536. The van der Waals surface area contributed by atoms with E-state index < -0.39 is 0 Å². The zero-order valence-electron chi connectivity index (χ0n) is 11.1. The summed E-state index contributed by atoms with van der Waals surface area (Å²) in [4.78, 5) is 2.25. The summed E-state index contributed by atoms with van der Waals surface area (Å²) in [6.45, 7) is 12.5. The molecule has 15 heavy (non-hydrogen) atoms. The first-order valence-electron chi connectivity index (χ1n) is 5.72. The van der Waals surface area contributed by atoms with Gasteiger partial charge in [0.05, 0.1) is 13.3 Å². The largest absolute Gasteiger partial charge is 0.366 e. The van der Waals surface area contributed by atoms with E-state index in [1.165, 1.54) is 0 Å². The normalized spacial score (nSPS) is 15.0. The molecular formula is C12H27NOS. The third-order valence-electron chi connectivity index (χ3n) is 2.56. The number of ether oxygens (including phenoxy) is 1. The van der Waals surface area contributed by atoms with E-state index >= 15 is 0 Å². The van der Waals surface area contributed by atoms with E-state index in [4.69, 9.17) is 4.74 Å². The van der Waals surface area contributed by atoms with Crippen molar-refractivity contribution in [1.82, 2.24) is 4.90 Å². The molecule has 0 heterocycles. The summed E-state index contributed by atoms with van der Waals surface area (Å²) in [6, 6.07) is 0. The molecule has 3 heteroatoms. The Bertz CT molecular complexity index is 169. The monoisotopic (exact) mass is 233 g/mol. The second-order valence-corrected chi connectivity index (χ2v) is 6.34. The zero-order valence-corrected chi connectivity index (χ0v) is 12.0. The molecule has 0 aliphatic rings. The third kappa shape index (κ3) is 7.20. The van der Waals surface area contributed by atoms with Crippen LogP contribution in [0.3, 0.4) is 0 Å². The van der Waals surface area contributed by atoms with Gasteiger partial charge in [0, 0.05) is 10.8 Å². The molecule has 0 amide bonds. The van der Waals surface area contributed by atoms with Crippen molar-refractivity contribution in [2.45, 2.75) is 51.8 Å². The molecule has 0 N–H and O–H groups in total. The molecule has 0 aliphatic heterocycles. The van der Waals surface area contributed by atoms with Crippen molar-refractivity contribution in [2.75, 3.05) is 20.4 Å². The molecule has 0 saturated carbocycles. The van der Waals surface area contributed by atoms with E-state index in [0.29, 0.717) is 17.9 Å². The lowest BCUT2D eigenvalue weighted by atomic mass is 9.97. The molecule has 1 unspecified atom stereocenters. The van der Waals surface area contributed by atoms with Gasteiger partial charge in [-0.25, -0.2) is 0 Å². The van der Waals surface area contributed by atoms with Crippen molar-refractivity contribution in [3.8, 4) is 0 Å². The third-order valence-corrected chi connectivity index (χ3v) is 2.75. The van der Waals surface area contributed by atoms with Crippen molar-refractivity contribution < 1.29 is 4.74 Å². The standard InChI is InChI=1S/C12H27NOS/c1-10(2)8-14-9-13(6)12(4,5)7-11(3)15/h10-11,15H,7-9H2,1-6H3. The predicted molar refractivity (Wildman–Crippen MR) is 70.6 cm³/mol. The second-order valence-electron chi connectivity index (χ2n) is 5.46. The molecule has 0 fully saturated rings. The molecule has 0 bridgehead atoms. The molecule has 0 spiro atoms. The highest BCUT2D eigenvalue weighted by molar-refractivity contribution is 7.80. The van der Waals surface area contributed by atoms with E-state index in [-0.39, 0.29) is 5.54 Å². The topological polar surface area (TPSA) is 12.5 Å². The Balaban J connectivity index is 3.90. The first-order valence-corrected chi connectivity index (χ1v) is 6.24. The highest BCUT2D eigenvalue weighted by atomic mass is 32.1. The number of hydrogen-bond donors (Lipinski definition) is 1. The van der Waals surface area contributed by atoms with Crippen molar-refractivity contribution in [3.05, 3.63) is 0 Å². The van der Waals surface area contributed by atoms with Crippen LogP contribution in [0.2, 0.25) is 0 Å². The summed E-state index contributed by atoms with van der Waals surface area (Å²) >= 11 is 4.44. The number of hydrogen-bond acceptors (Lipinski definition) is 3. The molecule has 0 aromatic heterocycles. The SMILES string of the molecule is CC(C)COCN(C)C(C)(C)CC(C)S. The van der Waals surface area contributed by atoms with Gasteiger partial charge in [-0.05, 0) is 33.2 Å². The Morgan fingerprint density at radius 1 is 1.27 bits per heavy atom. The van der Waals surface area contributed by atoms with Crippen LogP contribution in [0.1, 0.15) is 41.0 Å². The minimum atomic E-state index is 0.151. The maximum Gasteiger partial charge on any atom is 0.0992 e. The van der Waals surface area contributed by atoms with Crippen LogP contribution in [0.15, 0.2) is 0 Å². The first kappa shape index (κ1) is 15.3. The summed E-state index contributed by atoms with van der Waals surface area (Å²) < 4.78 is 5.63. The fraction of sp³-hybridized carbons (Fsp3) is 1.00. The molecular weight excluding hydrogens is 206 g/mol. The smallest absolute Gasteiger partial charge is 0.0992 e. The fourth-order valence-electron chi connectivity index (χ4n) is 1.48. The van der Waals surface area contributed by atoms with Crippen LogP contribution < -0.4 is 0 Å². The second kappa shape index (κ2) is 6.77. The zero-order chi connectivity index (χ0) is 12.1. The average Bonchev–Trinajstić information content (AvgIpc) is 2.00. The molecule has 0 aromatic rings. The Hall–Kier alpha value is 0.270. The van der Waals surface area contributed by atoms with E-state index in [2.05, 4.69) is 59.2 Å². The predicted octanol–water partition coefficient (Wildman–Crippen LogP) is 3.04. The number of rotatable bonds is 7. The van der Waals surface area contributed by atoms with E-state index in [9.17, 15) is 0 Å². The molecule has 0 rings (SSSR count). The van der Waals surface area contributed by atoms with Crippen LogP contribution >= 0.6 is 12.6 Å². The van der Waals surface area contributed by atoms with E-state index in [1.807, 2.05) is 0 Å². The minimum absolute atomic E-state index is 0.151. The van der Waals surface area contributed by atoms with E-state index in [0.717, 1.165) is 13.0 Å². The van der Waals surface area contributed by atoms with Gasteiger partial charge in [-0.2, -0.15) is 12.6 Å². The van der Waals surface area contributed by atoms with Crippen molar-refractivity contribution in [2.24, 2.45) is 5.92 Å². The van der Waals surface area contributed by atoms with Crippen LogP contribution in [-0.2, 0) is 4.74 Å². The summed E-state index contributed by atoms with van der Waals surface area (Å²) in [5.74, 6) is 0.602.